The molecule has 3 heteroatoms. The van der Waals surface area contributed by atoms with Gasteiger partial charge in [0.25, 0.3) is 0 Å². The normalized spacial score (nSPS) is 15.3. The molecule has 0 spiro atoms. The van der Waals surface area contributed by atoms with Crippen LogP contribution in [0.3, 0.4) is 0 Å². The first kappa shape index (κ1) is 12.2. The highest BCUT2D eigenvalue weighted by Gasteiger charge is 2.12. The van der Waals surface area contributed by atoms with Crippen LogP contribution in [0.2, 0.25) is 0 Å². The number of anilines is 2. The van der Waals surface area contributed by atoms with E-state index >= 15 is 0 Å². The summed E-state index contributed by atoms with van der Waals surface area (Å²) in [6.07, 6.45) is 2.63. The molecular formula is C14H22N2O. The Morgan fingerprint density at radius 1 is 1.18 bits per heavy atom. The molecule has 1 aromatic rings. The van der Waals surface area contributed by atoms with Gasteiger partial charge in [-0.15, -0.1) is 0 Å². The summed E-state index contributed by atoms with van der Waals surface area (Å²) < 4.78 is 0. The standard InChI is InChI=1S/C14H22N2O/c1-2-15(11-12-17)13-5-7-14(8-6-13)16-9-3-4-10-16/h5-8,17H,2-4,9-12H2,1H3. The number of benzene rings is 1. The summed E-state index contributed by atoms with van der Waals surface area (Å²) in [5.74, 6) is 0. The van der Waals surface area contributed by atoms with Gasteiger partial charge in [0, 0.05) is 37.6 Å². The first-order chi connectivity index (χ1) is 8.35. The van der Waals surface area contributed by atoms with Crippen LogP contribution in [0.25, 0.3) is 0 Å². The van der Waals surface area contributed by atoms with Gasteiger partial charge < -0.3 is 14.9 Å². The van der Waals surface area contributed by atoms with Crippen molar-refractivity contribution in [3.63, 3.8) is 0 Å². The minimum absolute atomic E-state index is 0.210. The van der Waals surface area contributed by atoms with Crippen LogP contribution in [0.5, 0.6) is 0 Å². The van der Waals surface area contributed by atoms with E-state index in [2.05, 4.69) is 41.0 Å². The summed E-state index contributed by atoms with van der Waals surface area (Å²) in [6, 6.07) is 8.71. The lowest BCUT2D eigenvalue weighted by Gasteiger charge is -2.23. The summed E-state index contributed by atoms with van der Waals surface area (Å²) in [6.45, 7) is 6.34. The van der Waals surface area contributed by atoms with Crippen LogP contribution in [0.1, 0.15) is 19.8 Å². The molecule has 1 aromatic carbocycles. The van der Waals surface area contributed by atoms with E-state index in [1.165, 1.54) is 37.3 Å². The number of hydrogen-bond donors (Lipinski definition) is 1. The Morgan fingerprint density at radius 3 is 2.35 bits per heavy atom. The number of nitrogens with zero attached hydrogens (tertiary/aromatic N) is 2. The molecule has 1 N–H and O–H groups in total. The molecule has 0 amide bonds. The van der Waals surface area contributed by atoms with Gasteiger partial charge in [0.1, 0.15) is 0 Å². The van der Waals surface area contributed by atoms with Crippen LogP contribution >= 0.6 is 0 Å². The van der Waals surface area contributed by atoms with Crippen molar-refractivity contribution >= 4 is 11.4 Å². The number of hydrogen-bond acceptors (Lipinski definition) is 3. The molecule has 94 valence electrons. The second kappa shape index (κ2) is 5.92. The van der Waals surface area contributed by atoms with E-state index in [-0.39, 0.29) is 6.61 Å². The highest BCUT2D eigenvalue weighted by molar-refractivity contribution is 5.56. The van der Waals surface area contributed by atoms with Gasteiger partial charge in [-0.3, -0.25) is 0 Å². The molecule has 1 aliphatic heterocycles. The van der Waals surface area contributed by atoms with Gasteiger partial charge in [0.2, 0.25) is 0 Å². The molecule has 0 atom stereocenters. The van der Waals surface area contributed by atoms with Crippen LogP contribution in [-0.2, 0) is 0 Å². The Kier molecular flexibility index (Phi) is 4.26. The second-order valence-electron chi connectivity index (χ2n) is 4.51. The lowest BCUT2D eigenvalue weighted by Crippen LogP contribution is -2.26. The van der Waals surface area contributed by atoms with E-state index in [0.717, 1.165) is 6.54 Å². The Morgan fingerprint density at radius 2 is 1.82 bits per heavy atom. The third-order valence-electron chi connectivity index (χ3n) is 3.44. The Balaban J connectivity index is 2.05. The van der Waals surface area contributed by atoms with Gasteiger partial charge in [-0.2, -0.15) is 0 Å². The number of likely N-dealkylation sites (N-methyl/N-ethyl adjacent to an activating group) is 1. The largest absolute Gasteiger partial charge is 0.395 e. The van der Waals surface area contributed by atoms with Crippen molar-refractivity contribution in [2.24, 2.45) is 0 Å². The summed E-state index contributed by atoms with van der Waals surface area (Å²) in [5, 5.41) is 9.01. The molecule has 0 unspecified atom stereocenters. The monoisotopic (exact) mass is 234 g/mol. The zero-order valence-electron chi connectivity index (χ0n) is 10.6. The van der Waals surface area contributed by atoms with E-state index in [9.17, 15) is 0 Å². The fourth-order valence-corrected chi connectivity index (χ4v) is 2.44. The van der Waals surface area contributed by atoms with Crippen LogP contribution in [-0.4, -0.2) is 37.9 Å². The first-order valence-corrected chi connectivity index (χ1v) is 6.56. The third kappa shape index (κ3) is 2.91. The number of rotatable bonds is 5. The molecule has 0 saturated carbocycles. The lowest BCUT2D eigenvalue weighted by molar-refractivity contribution is 0.302. The average molecular weight is 234 g/mol. The maximum atomic E-state index is 9.01. The van der Waals surface area contributed by atoms with Crippen molar-refractivity contribution in [3.05, 3.63) is 24.3 Å². The summed E-state index contributed by atoms with van der Waals surface area (Å²) in [7, 11) is 0. The molecule has 1 saturated heterocycles. The van der Waals surface area contributed by atoms with Crippen molar-refractivity contribution in [1.82, 2.24) is 0 Å². The predicted molar refractivity (Wildman–Crippen MR) is 72.9 cm³/mol. The maximum Gasteiger partial charge on any atom is 0.0606 e. The van der Waals surface area contributed by atoms with Gasteiger partial charge in [-0.25, -0.2) is 0 Å². The molecule has 3 nitrogen and oxygen atoms in total. The van der Waals surface area contributed by atoms with Gasteiger partial charge in [0.15, 0.2) is 0 Å². The molecule has 1 heterocycles. The minimum Gasteiger partial charge on any atom is -0.395 e. The van der Waals surface area contributed by atoms with Crippen molar-refractivity contribution in [2.75, 3.05) is 42.6 Å². The fourth-order valence-electron chi connectivity index (χ4n) is 2.44. The van der Waals surface area contributed by atoms with Crippen molar-refractivity contribution in [3.8, 4) is 0 Å². The Hall–Kier alpha value is -1.22. The molecule has 0 aliphatic carbocycles. The lowest BCUT2D eigenvalue weighted by atomic mass is 10.2. The third-order valence-corrected chi connectivity index (χ3v) is 3.44. The van der Waals surface area contributed by atoms with Gasteiger partial charge in [-0.05, 0) is 44.0 Å². The van der Waals surface area contributed by atoms with Gasteiger partial charge in [0.05, 0.1) is 6.61 Å². The zero-order valence-corrected chi connectivity index (χ0v) is 10.6. The van der Waals surface area contributed by atoms with E-state index in [0.29, 0.717) is 6.54 Å². The summed E-state index contributed by atoms with van der Waals surface area (Å²) in [5.41, 5.74) is 2.52. The fraction of sp³-hybridized carbons (Fsp3) is 0.571. The van der Waals surface area contributed by atoms with Crippen LogP contribution < -0.4 is 9.80 Å². The Bertz CT molecular complexity index is 331. The van der Waals surface area contributed by atoms with Gasteiger partial charge in [-0.1, -0.05) is 0 Å². The first-order valence-electron chi connectivity index (χ1n) is 6.56. The van der Waals surface area contributed by atoms with Crippen molar-refractivity contribution in [1.29, 1.82) is 0 Å². The minimum atomic E-state index is 0.210. The molecule has 0 bridgehead atoms. The van der Waals surface area contributed by atoms with Crippen molar-refractivity contribution < 1.29 is 5.11 Å². The second-order valence-corrected chi connectivity index (χ2v) is 4.51. The summed E-state index contributed by atoms with van der Waals surface area (Å²) >= 11 is 0. The molecule has 17 heavy (non-hydrogen) atoms. The molecule has 0 aromatic heterocycles. The predicted octanol–water partition coefficient (Wildman–Crippen LogP) is 2.11. The maximum absolute atomic E-state index is 9.01. The number of aliphatic hydroxyl groups is 1. The van der Waals surface area contributed by atoms with Gasteiger partial charge >= 0.3 is 0 Å². The van der Waals surface area contributed by atoms with Crippen LogP contribution in [0.15, 0.2) is 24.3 Å². The molecule has 1 aliphatic rings. The number of aliphatic hydroxyl groups excluding tert-OH is 1. The van der Waals surface area contributed by atoms with E-state index < -0.39 is 0 Å². The summed E-state index contributed by atoms with van der Waals surface area (Å²) in [4.78, 5) is 4.62. The van der Waals surface area contributed by atoms with Crippen LogP contribution in [0, 0.1) is 0 Å². The molecule has 2 rings (SSSR count). The quantitative estimate of drug-likeness (QED) is 0.845. The van der Waals surface area contributed by atoms with E-state index in [1.54, 1.807) is 0 Å². The highest BCUT2D eigenvalue weighted by atomic mass is 16.3. The SMILES string of the molecule is CCN(CCO)c1ccc(N2CCCC2)cc1. The Labute approximate surface area is 104 Å². The molecule has 1 fully saturated rings. The smallest absolute Gasteiger partial charge is 0.0606 e. The topological polar surface area (TPSA) is 26.7 Å². The average Bonchev–Trinajstić information content (AvgIpc) is 2.90. The highest BCUT2D eigenvalue weighted by Crippen LogP contribution is 2.23. The molecular weight excluding hydrogens is 212 g/mol. The van der Waals surface area contributed by atoms with E-state index in [1.807, 2.05) is 0 Å². The zero-order chi connectivity index (χ0) is 12.1. The van der Waals surface area contributed by atoms with E-state index in [4.69, 9.17) is 5.11 Å². The molecule has 0 radical (unpaired) electrons. The van der Waals surface area contributed by atoms with Crippen LogP contribution in [0.4, 0.5) is 11.4 Å². The van der Waals surface area contributed by atoms with Crippen molar-refractivity contribution in [2.45, 2.75) is 19.8 Å².